The van der Waals surface area contributed by atoms with Crippen LogP contribution in [0, 0.1) is 0 Å². The van der Waals surface area contributed by atoms with Crippen LogP contribution >= 0.6 is 0 Å². The third-order valence-corrected chi connectivity index (χ3v) is 14.6. The molecule has 428 valence electrons. The average Bonchev–Trinajstić information content (AvgIpc) is 3.39. The first-order chi connectivity index (χ1) is 35.6. The Morgan fingerprint density at radius 2 is 0.904 bits per heavy atom. The second-order valence-corrected chi connectivity index (χ2v) is 21.1. The van der Waals surface area contributed by atoms with Crippen LogP contribution in [-0.4, -0.2) is 140 Å². The number of carbonyl (C=O) groups excluding carboxylic acids is 1. The van der Waals surface area contributed by atoms with Crippen LogP contribution in [-0.2, 0) is 23.7 Å². The highest BCUT2D eigenvalue weighted by Crippen LogP contribution is 2.30. The summed E-state index contributed by atoms with van der Waals surface area (Å²) >= 11 is 0. The first-order valence-corrected chi connectivity index (χ1v) is 29.7. The fourth-order valence-electron chi connectivity index (χ4n) is 9.73. The van der Waals surface area contributed by atoms with E-state index in [1.54, 1.807) is 6.08 Å². The minimum absolute atomic E-state index is 0.241. The average molecular weight is 1040 g/mol. The van der Waals surface area contributed by atoms with Gasteiger partial charge in [-0.15, -0.1) is 0 Å². The molecule has 12 atom stereocenters. The number of rotatable bonds is 47. The van der Waals surface area contributed by atoms with Crippen molar-refractivity contribution in [1.82, 2.24) is 5.32 Å². The molecule has 2 aliphatic heterocycles. The number of aliphatic hydroxyl groups is 8. The Morgan fingerprint density at radius 3 is 1.37 bits per heavy atom. The maximum atomic E-state index is 13.3. The molecule has 0 aliphatic carbocycles. The first-order valence-electron chi connectivity index (χ1n) is 29.7. The summed E-state index contributed by atoms with van der Waals surface area (Å²) in [5.74, 6) is -0.241. The predicted octanol–water partition coefficient (Wildman–Crippen LogP) is 9.83. The van der Waals surface area contributed by atoms with E-state index < -0.39 is 86.8 Å². The standard InChI is InChI=1S/C59H109NO13/c1-3-5-7-9-11-13-15-17-19-21-22-23-24-25-26-27-29-31-33-35-37-39-41-43-51(64)60-47(48(63)42-40-38-36-34-32-30-28-20-18-16-14-12-10-8-6-4-2)46-70-58-56(69)54(67)57(50(45-62)72-58)73-59-55(68)53(66)52(65)49(44-61)71-59/h15,17,21-22,40,42,47-50,52-59,61-63,65-69H,3-14,16,18-20,23-39,41,43-46H2,1-2H3,(H,60,64)/b17-15-,22-21-,42-40+. The van der Waals surface area contributed by atoms with Gasteiger partial charge in [0.25, 0.3) is 0 Å². The number of aliphatic hydroxyl groups excluding tert-OH is 8. The summed E-state index contributed by atoms with van der Waals surface area (Å²) in [7, 11) is 0. The van der Waals surface area contributed by atoms with Crippen LogP contribution in [0.15, 0.2) is 36.5 Å². The fraction of sp³-hybridized carbons (Fsp3) is 0.881. The molecule has 14 heteroatoms. The molecule has 2 saturated heterocycles. The monoisotopic (exact) mass is 1040 g/mol. The number of ether oxygens (including phenoxy) is 4. The number of unbranched alkanes of at least 4 members (excludes halogenated alkanes) is 30. The molecule has 2 fully saturated rings. The van der Waals surface area contributed by atoms with Crippen LogP contribution in [0.3, 0.4) is 0 Å². The Bertz CT molecular complexity index is 1370. The smallest absolute Gasteiger partial charge is 0.220 e. The maximum absolute atomic E-state index is 13.3. The Labute approximate surface area is 442 Å². The molecule has 0 bridgehead atoms. The predicted molar refractivity (Wildman–Crippen MR) is 291 cm³/mol. The third kappa shape index (κ3) is 31.3. The quantitative estimate of drug-likeness (QED) is 0.0205. The Balaban J connectivity index is 1.76. The molecule has 14 nitrogen and oxygen atoms in total. The number of allylic oxidation sites excluding steroid dienone is 5. The van der Waals surface area contributed by atoms with Crippen LogP contribution in [0.2, 0.25) is 0 Å². The van der Waals surface area contributed by atoms with Crippen LogP contribution in [0.5, 0.6) is 0 Å². The highest BCUT2D eigenvalue weighted by Gasteiger charge is 2.51. The first kappa shape index (κ1) is 67.3. The van der Waals surface area contributed by atoms with Gasteiger partial charge in [-0.2, -0.15) is 0 Å². The van der Waals surface area contributed by atoms with Crippen LogP contribution in [0.4, 0.5) is 0 Å². The van der Waals surface area contributed by atoms with Crippen molar-refractivity contribution in [2.75, 3.05) is 19.8 Å². The topological polar surface area (TPSA) is 228 Å². The number of nitrogens with one attached hydrogen (secondary N) is 1. The largest absolute Gasteiger partial charge is 0.394 e. The molecule has 73 heavy (non-hydrogen) atoms. The molecule has 0 saturated carbocycles. The number of amides is 1. The van der Waals surface area contributed by atoms with Gasteiger partial charge < -0.3 is 65.1 Å². The van der Waals surface area contributed by atoms with E-state index in [1.165, 1.54) is 167 Å². The Kier molecular flexibility index (Phi) is 41.7. The van der Waals surface area contributed by atoms with E-state index >= 15 is 0 Å². The summed E-state index contributed by atoms with van der Waals surface area (Å²) in [4.78, 5) is 13.3. The number of hydrogen-bond acceptors (Lipinski definition) is 13. The second-order valence-electron chi connectivity index (χ2n) is 21.1. The lowest BCUT2D eigenvalue weighted by Crippen LogP contribution is -2.65. The van der Waals surface area contributed by atoms with Crippen molar-refractivity contribution < 1.29 is 64.6 Å². The molecule has 2 heterocycles. The van der Waals surface area contributed by atoms with Crippen molar-refractivity contribution in [3.05, 3.63) is 36.5 Å². The lowest BCUT2D eigenvalue weighted by molar-refractivity contribution is -0.359. The summed E-state index contributed by atoms with van der Waals surface area (Å²) in [6.45, 7) is 2.80. The number of hydrogen-bond donors (Lipinski definition) is 9. The summed E-state index contributed by atoms with van der Waals surface area (Å²) < 4.78 is 22.8. The van der Waals surface area contributed by atoms with E-state index in [0.29, 0.717) is 6.42 Å². The summed E-state index contributed by atoms with van der Waals surface area (Å²) in [5, 5.41) is 87.1. The number of carbonyl (C=O) groups is 1. The SMILES string of the molecule is CCCCCCC/C=C\C/C=C\CCCCCCCCCCCCCC(=O)NC(COC1OC(CO)C(OC2OC(CO)C(O)C(O)C2O)C(O)C1O)C(O)/C=C/CCCCCCCCCCCCCCCC. The van der Waals surface area contributed by atoms with E-state index in [0.717, 1.165) is 44.9 Å². The van der Waals surface area contributed by atoms with Crippen molar-refractivity contribution in [3.8, 4) is 0 Å². The lowest BCUT2D eigenvalue weighted by atomic mass is 9.97. The highest BCUT2D eigenvalue weighted by atomic mass is 16.7. The molecule has 0 aromatic rings. The molecule has 2 rings (SSSR count). The molecule has 0 radical (unpaired) electrons. The molecule has 0 aromatic carbocycles. The lowest BCUT2D eigenvalue weighted by Gasteiger charge is -2.46. The second kappa shape index (κ2) is 45.3. The van der Waals surface area contributed by atoms with Gasteiger partial charge in [0.2, 0.25) is 5.91 Å². The summed E-state index contributed by atoms with van der Waals surface area (Å²) in [6.07, 6.45) is 37.4. The van der Waals surface area contributed by atoms with Gasteiger partial charge in [0.1, 0.15) is 48.8 Å². The van der Waals surface area contributed by atoms with Crippen LogP contribution < -0.4 is 5.32 Å². The molecule has 2 aliphatic rings. The molecular formula is C59H109NO13. The molecular weight excluding hydrogens is 931 g/mol. The van der Waals surface area contributed by atoms with E-state index in [4.69, 9.17) is 18.9 Å². The minimum Gasteiger partial charge on any atom is -0.394 e. The minimum atomic E-state index is -1.79. The van der Waals surface area contributed by atoms with Crippen LogP contribution in [0.25, 0.3) is 0 Å². The van der Waals surface area contributed by atoms with Crippen molar-refractivity contribution >= 4 is 5.91 Å². The summed E-state index contributed by atoms with van der Waals surface area (Å²) in [6, 6.07) is -0.915. The van der Waals surface area contributed by atoms with Gasteiger partial charge >= 0.3 is 0 Å². The van der Waals surface area contributed by atoms with Crippen molar-refractivity contribution in [2.24, 2.45) is 0 Å². The highest BCUT2D eigenvalue weighted by molar-refractivity contribution is 5.76. The van der Waals surface area contributed by atoms with E-state index in [9.17, 15) is 45.6 Å². The van der Waals surface area contributed by atoms with Crippen LogP contribution in [0.1, 0.15) is 239 Å². The zero-order valence-corrected chi connectivity index (χ0v) is 45.9. The van der Waals surface area contributed by atoms with E-state index in [2.05, 4.69) is 43.5 Å². The molecule has 0 spiro atoms. The van der Waals surface area contributed by atoms with Gasteiger partial charge in [0.05, 0.1) is 32.0 Å². The summed E-state index contributed by atoms with van der Waals surface area (Å²) in [5.41, 5.74) is 0. The maximum Gasteiger partial charge on any atom is 0.220 e. The van der Waals surface area contributed by atoms with Crippen molar-refractivity contribution in [2.45, 2.75) is 312 Å². The van der Waals surface area contributed by atoms with Gasteiger partial charge in [-0.1, -0.05) is 217 Å². The van der Waals surface area contributed by atoms with E-state index in [-0.39, 0.29) is 18.9 Å². The van der Waals surface area contributed by atoms with Gasteiger partial charge in [0.15, 0.2) is 12.6 Å². The third-order valence-electron chi connectivity index (χ3n) is 14.6. The normalized spacial score (nSPS) is 25.6. The van der Waals surface area contributed by atoms with E-state index in [1.807, 2.05) is 6.08 Å². The van der Waals surface area contributed by atoms with Gasteiger partial charge in [-0.05, 0) is 51.4 Å². The van der Waals surface area contributed by atoms with Gasteiger partial charge in [-0.3, -0.25) is 4.79 Å². The van der Waals surface area contributed by atoms with Crippen molar-refractivity contribution in [3.63, 3.8) is 0 Å². The Morgan fingerprint density at radius 1 is 0.493 bits per heavy atom. The zero-order valence-electron chi connectivity index (χ0n) is 45.9. The van der Waals surface area contributed by atoms with Gasteiger partial charge in [0, 0.05) is 6.42 Å². The zero-order chi connectivity index (χ0) is 53.2. The van der Waals surface area contributed by atoms with Crippen molar-refractivity contribution in [1.29, 1.82) is 0 Å². The fourth-order valence-corrected chi connectivity index (χ4v) is 9.73. The molecule has 1 amide bonds. The van der Waals surface area contributed by atoms with Gasteiger partial charge in [-0.25, -0.2) is 0 Å². The molecule has 0 aromatic heterocycles. The molecule has 9 N–H and O–H groups in total. The molecule has 12 unspecified atom stereocenters. The Hall–Kier alpha value is -1.79.